The number of alkyl halides is 3. The first-order chi connectivity index (χ1) is 11.6. The van der Waals surface area contributed by atoms with Crippen molar-refractivity contribution >= 4 is 75.5 Å². The maximum Gasteiger partial charge on any atom is 0.269 e. The minimum atomic E-state index is -0.542. The summed E-state index contributed by atoms with van der Waals surface area (Å²) in [7, 11) is 0. The van der Waals surface area contributed by atoms with Crippen molar-refractivity contribution in [2.75, 3.05) is 0 Å². The molecule has 4 nitrogen and oxygen atoms in total. The van der Waals surface area contributed by atoms with E-state index in [1.165, 1.54) is 0 Å². The molecular weight excluding hydrogens is 584 g/mol. The zero-order valence-corrected chi connectivity index (χ0v) is 20.1. The van der Waals surface area contributed by atoms with Gasteiger partial charge >= 0.3 is 0 Å². The number of fused-ring (bicyclic) bond motifs is 1. The lowest BCUT2D eigenvalue weighted by Crippen LogP contribution is -2.72. The molecule has 3 atom stereocenters. The first kappa shape index (κ1) is 19.8. The van der Waals surface area contributed by atoms with Crippen LogP contribution in [0, 0.1) is 16.2 Å². The van der Waals surface area contributed by atoms with Crippen LogP contribution in [0.4, 0.5) is 0 Å². The zero-order valence-electron chi connectivity index (χ0n) is 13.7. The fourth-order valence-corrected chi connectivity index (χ4v) is 9.78. The molecule has 3 unspecified atom stereocenters. The van der Waals surface area contributed by atoms with E-state index in [0.717, 1.165) is 17.3 Å². The van der Waals surface area contributed by atoms with Gasteiger partial charge in [0.25, 0.3) is 5.91 Å². The first-order valence-corrected chi connectivity index (χ1v) is 11.4. The highest BCUT2D eigenvalue weighted by atomic mass is 79.9. The van der Waals surface area contributed by atoms with Crippen LogP contribution < -0.4 is 10.9 Å². The molecule has 2 bridgehead atoms. The summed E-state index contributed by atoms with van der Waals surface area (Å²) in [6.07, 6.45) is 1.72. The van der Waals surface area contributed by atoms with Gasteiger partial charge in [0.15, 0.2) is 0 Å². The van der Waals surface area contributed by atoms with Crippen molar-refractivity contribution in [2.24, 2.45) is 16.2 Å². The van der Waals surface area contributed by atoms with E-state index in [2.05, 4.69) is 88.4 Å². The molecule has 1 aromatic carbocycles. The number of nitrogens with one attached hydrogen (secondary N) is 2. The van der Waals surface area contributed by atoms with Gasteiger partial charge in [0.1, 0.15) is 0 Å². The van der Waals surface area contributed by atoms with E-state index >= 15 is 0 Å². The van der Waals surface area contributed by atoms with Crippen LogP contribution in [0.2, 0.25) is 0 Å². The summed E-state index contributed by atoms with van der Waals surface area (Å²) in [5, 5.41) is 0. The van der Waals surface area contributed by atoms with Gasteiger partial charge in [-0.1, -0.05) is 77.6 Å². The number of hydrogen-bond acceptors (Lipinski definition) is 2. The Balaban J connectivity index is 1.72. The number of halogens is 4. The van der Waals surface area contributed by atoms with Crippen LogP contribution >= 0.6 is 63.7 Å². The van der Waals surface area contributed by atoms with Crippen LogP contribution in [-0.2, 0) is 4.79 Å². The summed E-state index contributed by atoms with van der Waals surface area (Å²) in [6, 6.07) is 6.98. The minimum Gasteiger partial charge on any atom is -0.273 e. The maximum atomic E-state index is 13.0. The first-order valence-electron chi connectivity index (χ1n) is 7.90. The number of amides is 2. The van der Waals surface area contributed by atoms with E-state index in [1.54, 1.807) is 24.3 Å². The molecule has 3 aliphatic rings. The molecule has 0 spiro atoms. The fourth-order valence-electron chi connectivity index (χ4n) is 4.60. The number of carbonyl (C=O) groups excluding carboxylic acids is 2. The predicted octanol–water partition coefficient (Wildman–Crippen LogP) is 4.90. The molecule has 8 heteroatoms. The summed E-state index contributed by atoms with van der Waals surface area (Å²) >= 11 is 14.4. The Labute approximate surface area is 180 Å². The Morgan fingerprint density at radius 3 is 2.20 bits per heavy atom. The van der Waals surface area contributed by atoms with Gasteiger partial charge in [-0.05, 0) is 42.5 Å². The third kappa shape index (κ3) is 2.53. The summed E-state index contributed by atoms with van der Waals surface area (Å²) in [4.78, 5) is 25.3. The van der Waals surface area contributed by atoms with E-state index in [-0.39, 0.29) is 31.2 Å². The van der Waals surface area contributed by atoms with Crippen LogP contribution in [0.25, 0.3) is 0 Å². The number of hydrogen-bond donors (Lipinski definition) is 2. The number of carbonyl (C=O) groups is 2. The molecule has 25 heavy (non-hydrogen) atoms. The van der Waals surface area contributed by atoms with Crippen LogP contribution in [0.5, 0.6) is 0 Å². The lowest BCUT2D eigenvalue weighted by Gasteiger charge is -2.66. The van der Waals surface area contributed by atoms with Gasteiger partial charge in [-0.3, -0.25) is 20.4 Å². The van der Waals surface area contributed by atoms with Gasteiger partial charge in [0.2, 0.25) is 5.91 Å². The second-order valence-electron chi connectivity index (χ2n) is 7.22. The van der Waals surface area contributed by atoms with Crippen molar-refractivity contribution in [1.29, 1.82) is 0 Å². The molecule has 0 aromatic heterocycles. The monoisotopic (exact) mass is 598 g/mol. The molecule has 0 radical (unpaired) electrons. The standard InChI is InChI=1S/C17H18Br4N2O2/c1-15(2)16(13(20)21)7-8-17(15,12(16)19)14(25)23-22-11(24)9-3-5-10(18)6-4-9/h3-6,12-13H,7-8H2,1-2H3,(H,22,24)(H,23,25). The molecule has 1 aromatic rings. The Bertz CT molecular complexity index is 722. The summed E-state index contributed by atoms with van der Waals surface area (Å²) in [6.45, 7) is 4.26. The Morgan fingerprint density at radius 2 is 1.72 bits per heavy atom. The van der Waals surface area contributed by atoms with Crippen molar-refractivity contribution in [3.8, 4) is 0 Å². The molecule has 0 saturated heterocycles. The third-order valence-corrected chi connectivity index (χ3v) is 10.0. The van der Waals surface area contributed by atoms with Crippen LogP contribution in [0.1, 0.15) is 37.0 Å². The average molecular weight is 602 g/mol. The van der Waals surface area contributed by atoms with Gasteiger partial charge in [0.05, 0.1) is 9.15 Å². The van der Waals surface area contributed by atoms with Gasteiger partial charge in [-0.15, -0.1) is 0 Å². The Kier molecular flexibility index (Phi) is 5.24. The normalized spacial score (nSPS) is 32.2. The molecule has 4 rings (SSSR count). The lowest BCUT2D eigenvalue weighted by molar-refractivity contribution is -0.162. The fraction of sp³-hybridized carbons (Fsp3) is 0.529. The van der Waals surface area contributed by atoms with E-state index in [0.29, 0.717) is 5.56 Å². The highest BCUT2D eigenvalue weighted by Crippen LogP contribution is 2.82. The summed E-state index contributed by atoms with van der Waals surface area (Å²) < 4.78 is 1.01. The lowest BCUT2D eigenvalue weighted by atomic mass is 9.43. The molecule has 3 aliphatic carbocycles. The molecule has 0 aliphatic heterocycles. The Morgan fingerprint density at radius 1 is 1.12 bits per heavy atom. The van der Waals surface area contributed by atoms with Gasteiger partial charge < -0.3 is 0 Å². The van der Waals surface area contributed by atoms with Crippen LogP contribution in [-0.4, -0.2) is 20.4 Å². The average Bonchev–Trinajstić information content (AvgIpc) is 3.02. The molecule has 136 valence electrons. The maximum absolute atomic E-state index is 13.0. The molecule has 3 fully saturated rings. The third-order valence-electron chi connectivity index (χ3n) is 6.29. The summed E-state index contributed by atoms with van der Waals surface area (Å²) in [5.74, 6) is -0.470. The Hall–Kier alpha value is 0.0800. The van der Waals surface area contributed by atoms with Gasteiger partial charge in [-0.2, -0.15) is 0 Å². The van der Waals surface area contributed by atoms with Crippen molar-refractivity contribution in [2.45, 2.75) is 35.3 Å². The highest BCUT2D eigenvalue weighted by Gasteiger charge is 2.83. The van der Waals surface area contributed by atoms with E-state index in [1.807, 2.05) is 0 Å². The SMILES string of the molecule is CC1(C)C2(C(=O)NNC(=O)c3ccc(Br)cc3)CCC1(C(Br)Br)C2Br. The van der Waals surface area contributed by atoms with Crippen molar-refractivity contribution in [1.82, 2.24) is 10.9 Å². The van der Waals surface area contributed by atoms with Crippen molar-refractivity contribution < 1.29 is 9.59 Å². The number of benzene rings is 1. The number of hydrazine groups is 1. The van der Waals surface area contributed by atoms with Crippen molar-refractivity contribution in [3.05, 3.63) is 34.3 Å². The van der Waals surface area contributed by atoms with Crippen LogP contribution in [0.15, 0.2) is 28.7 Å². The topological polar surface area (TPSA) is 58.2 Å². The van der Waals surface area contributed by atoms with Crippen LogP contribution in [0.3, 0.4) is 0 Å². The molecule has 0 heterocycles. The van der Waals surface area contributed by atoms with E-state index in [9.17, 15) is 9.59 Å². The molecule has 2 amide bonds. The molecular formula is C17H18Br4N2O2. The highest BCUT2D eigenvalue weighted by molar-refractivity contribution is 9.24. The van der Waals surface area contributed by atoms with E-state index in [4.69, 9.17) is 0 Å². The molecule has 3 saturated carbocycles. The zero-order chi connectivity index (χ0) is 18.6. The minimum absolute atomic E-state index is 0.0378. The molecule has 2 N–H and O–H groups in total. The smallest absolute Gasteiger partial charge is 0.269 e. The van der Waals surface area contributed by atoms with Crippen molar-refractivity contribution in [3.63, 3.8) is 0 Å². The van der Waals surface area contributed by atoms with Gasteiger partial charge in [0, 0.05) is 20.3 Å². The quantitative estimate of drug-likeness (QED) is 0.383. The second kappa shape index (κ2) is 6.60. The second-order valence-corrected chi connectivity index (χ2v) is 12.1. The largest absolute Gasteiger partial charge is 0.273 e. The number of rotatable bonds is 3. The predicted molar refractivity (Wildman–Crippen MR) is 112 cm³/mol. The summed E-state index contributed by atoms with van der Waals surface area (Å²) in [5.41, 5.74) is 4.89. The van der Waals surface area contributed by atoms with E-state index < -0.39 is 5.41 Å². The van der Waals surface area contributed by atoms with Gasteiger partial charge in [-0.25, -0.2) is 0 Å².